The quantitative estimate of drug-likeness (QED) is 0.308. The zero-order valence-corrected chi connectivity index (χ0v) is 27.2. The molecule has 0 radical (unpaired) electrons. The number of nitrogens with zero attached hydrogens (tertiary/aromatic N) is 6. The predicted molar refractivity (Wildman–Crippen MR) is 185 cm³/mol. The van der Waals surface area contributed by atoms with Crippen LogP contribution in [0.4, 0.5) is 5.82 Å². The number of hydrogen-bond donors (Lipinski definition) is 2. The number of phenols is 1. The van der Waals surface area contributed by atoms with Crippen molar-refractivity contribution in [3.05, 3.63) is 54.6 Å². The van der Waals surface area contributed by atoms with E-state index in [9.17, 15) is 9.90 Å². The number of anilines is 1. The molecule has 10 nitrogen and oxygen atoms in total. The zero-order valence-electron chi connectivity index (χ0n) is 27.2. The molecule has 1 amide bonds. The number of carbonyl (C=O) groups excluding carboxylic acids is 1. The molecule has 0 aliphatic carbocycles. The van der Waals surface area contributed by atoms with Crippen LogP contribution in [0.2, 0.25) is 0 Å². The Morgan fingerprint density at radius 3 is 2.49 bits per heavy atom. The van der Waals surface area contributed by atoms with Crippen molar-refractivity contribution in [3.63, 3.8) is 0 Å². The minimum atomic E-state index is 0.212. The van der Waals surface area contributed by atoms with Gasteiger partial charge in [-0.1, -0.05) is 30.3 Å². The van der Waals surface area contributed by atoms with Crippen LogP contribution in [0, 0.1) is 0 Å². The van der Waals surface area contributed by atoms with E-state index in [-0.39, 0.29) is 29.8 Å². The summed E-state index contributed by atoms with van der Waals surface area (Å²) in [6.45, 7) is 5.29. The summed E-state index contributed by atoms with van der Waals surface area (Å²) in [5, 5.41) is 13.6. The highest BCUT2D eigenvalue weighted by Crippen LogP contribution is 2.40. The smallest absolute Gasteiger partial charge is 0.319 e. The van der Waals surface area contributed by atoms with Crippen LogP contribution in [-0.2, 0) is 4.79 Å². The first kappa shape index (κ1) is 30.4. The summed E-state index contributed by atoms with van der Waals surface area (Å²) in [6, 6.07) is 19.6. The van der Waals surface area contributed by atoms with E-state index >= 15 is 0 Å². The average molecular weight is 636 g/mol. The minimum absolute atomic E-state index is 0.212. The highest BCUT2D eigenvalue weighted by Gasteiger charge is 2.42. The van der Waals surface area contributed by atoms with Gasteiger partial charge in [-0.3, -0.25) is 9.69 Å². The van der Waals surface area contributed by atoms with Gasteiger partial charge in [0.05, 0.1) is 12.1 Å². The average Bonchev–Trinajstić information content (AvgIpc) is 3.61. The first-order valence-electron chi connectivity index (χ1n) is 17.3. The molecule has 246 valence electrons. The van der Waals surface area contributed by atoms with Crippen LogP contribution in [0.1, 0.15) is 38.5 Å². The zero-order chi connectivity index (χ0) is 32.1. The molecule has 4 aliphatic heterocycles. The number of likely N-dealkylation sites (tertiary alicyclic amines) is 3. The van der Waals surface area contributed by atoms with E-state index in [1.165, 1.54) is 6.42 Å². The lowest BCUT2D eigenvalue weighted by molar-refractivity contribution is -0.133. The Balaban J connectivity index is 1.11. The Morgan fingerprint density at radius 2 is 1.72 bits per heavy atom. The number of amides is 1. The number of piperazine rings is 1. The van der Waals surface area contributed by atoms with Crippen molar-refractivity contribution in [1.82, 2.24) is 24.7 Å². The lowest BCUT2D eigenvalue weighted by atomic mass is 9.97. The van der Waals surface area contributed by atoms with Gasteiger partial charge in [0.2, 0.25) is 5.91 Å². The van der Waals surface area contributed by atoms with E-state index in [1.807, 2.05) is 29.2 Å². The first-order chi connectivity index (χ1) is 22.9. The lowest BCUT2D eigenvalue weighted by Crippen LogP contribution is -2.56. The van der Waals surface area contributed by atoms with Crippen molar-refractivity contribution in [1.29, 1.82) is 0 Å². The topological polar surface area (TPSA) is 111 Å². The molecule has 0 saturated carbocycles. The van der Waals surface area contributed by atoms with Gasteiger partial charge in [0.25, 0.3) is 0 Å². The number of aromatic nitrogens is 2. The molecule has 4 aromatic rings. The molecule has 0 spiro atoms. The highest BCUT2D eigenvalue weighted by atomic mass is 16.5. The van der Waals surface area contributed by atoms with Crippen molar-refractivity contribution in [3.8, 4) is 22.9 Å². The van der Waals surface area contributed by atoms with Gasteiger partial charge in [-0.2, -0.15) is 9.97 Å². The summed E-state index contributed by atoms with van der Waals surface area (Å²) in [4.78, 5) is 32.5. The monoisotopic (exact) mass is 635 g/mol. The molecule has 8 rings (SSSR count). The molecule has 10 heteroatoms. The highest BCUT2D eigenvalue weighted by molar-refractivity contribution is 6.01. The van der Waals surface area contributed by atoms with Gasteiger partial charge in [0, 0.05) is 55.7 Å². The van der Waals surface area contributed by atoms with Gasteiger partial charge in [-0.15, -0.1) is 0 Å². The van der Waals surface area contributed by atoms with Crippen LogP contribution in [0.5, 0.6) is 11.8 Å². The Hall–Kier alpha value is -3.99. The van der Waals surface area contributed by atoms with Gasteiger partial charge >= 0.3 is 6.01 Å². The van der Waals surface area contributed by atoms with E-state index < -0.39 is 0 Å². The van der Waals surface area contributed by atoms with Crippen molar-refractivity contribution >= 4 is 33.4 Å². The van der Waals surface area contributed by atoms with E-state index in [0.29, 0.717) is 25.2 Å². The second-order valence-corrected chi connectivity index (χ2v) is 14.1. The van der Waals surface area contributed by atoms with Crippen LogP contribution in [0.25, 0.3) is 32.8 Å². The second-order valence-electron chi connectivity index (χ2n) is 14.1. The number of carbonyl (C=O) groups is 1. The largest absolute Gasteiger partial charge is 0.508 e. The summed E-state index contributed by atoms with van der Waals surface area (Å²) >= 11 is 0. The third kappa shape index (κ3) is 5.98. The maximum absolute atomic E-state index is 13.2. The molecule has 2 bridgehead atoms. The van der Waals surface area contributed by atoms with Crippen LogP contribution in [0.3, 0.4) is 0 Å². The third-order valence-corrected chi connectivity index (χ3v) is 10.9. The molecule has 1 aromatic heterocycles. The summed E-state index contributed by atoms with van der Waals surface area (Å²) in [5.74, 6) is 1.38. The fraction of sp³-hybridized carbons (Fsp3) is 0.486. The van der Waals surface area contributed by atoms with Crippen LogP contribution >= 0.6 is 0 Å². The molecular weight excluding hydrogens is 590 g/mol. The van der Waals surface area contributed by atoms with Crippen LogP contribution in [0.15, 0.2) is 54.6 Å². The molecule has 0 unspecified atom stereocenters. The van der Waals surface area contributed by atoms with Crippen molar-refractivity contribution < 1.29 is 14.6 Å². The van der Waals surface area contributed by atoms with E-state index in [4.69, 9.17) is 20.4 Å². The number of hydrogen-bond acceptors (Lipinski definition) is 9. The Bertz CT molecular complexity index is 1780. The fourth-order valence-corrected chi connectivity index (χ4v) is 8.32. The third-order valence-electron chi connectivity index (χ3n) is 10.9. The maximum Gasteiger partial charge on any atom is 0.319 e. The molecule has 4 aliphatic rings. The number of benzene rings is 3. The molecule has 3 aromatic carbocycles. The summed E-state index contributed by atoms with van der Waals surface area (Å²) in [7, 11) is 2.15. The van der Waals surface area contributed by atoms with Crippen LogP contribution in [-0.4, -0.2) is 113 Å². The number of nitrogens with two attached hydrogens (primary N) is 1. The van der Waals surface area contributed by atoms with Gasteiger partial charge in [0.1, 0.15) is 18.2 Å². The molecular formula is C37H45N7O3. The second kappa shape index (κ2) is 12.6. The van der Waals surface area contributed by atoms with Crippen molar-refractivity contribution in [2.75, 3.05) is 57.8 Å². The fourth-order valence-electron chi connectivity index (χ4n) is 8.32. The maximum atomic E-state index is 13.2. The standard InChI is InChI=1S/C37H45N7O3/c1-41-14-4-6-29(41)23-47-37-39-34-18-25(33-19-30(45)17-24-5-2-3-7-31(24)33)8-11-32(34)36(40-37)44-27-9-10-28(44)21-42(20-27)22-35(46)43-15-12-26(38)13-16-43/h2-3,5,7-8,11,17-19,26-29,45H,4,6,9-10,12-16,20-23,38H2,1H3/t27-,28+,29-/m0/s1. The van der Waals surface area contributed by atoms with Gasteiger partial charge in [-0.05, 0) is 98.3 Å². The van der Waals surface area contributed by atoms with E-state index in [1.54, 1.807) is 6.07 Å². The van der Waals surface area contributed by atoms with Gasteiger partial charge < -0.3 is 30.3 Å². The summed E-state index contributed by atoms with van der Waals surface area (Å²) < 4.78 is 6.37. The molecule has 3 atom stereocenters. The lowest BCUT2D eigenvalue weighted by Gasteiger charge is -2.42. The number of ether oxygens (including phenoxy) is 1. The number of piperidine rings is 1. The number of fused-ring (bicyclic) bond motifs is 4. The predicted octanol–water partition coefficient (Wildman–Crippen LogP) is 4.23. The SMILES string of the molecule is CN1CCC[C@H]1COc1nc(N2[C@@H]3CC[C@H]2CN(CC(=O)N2CCC(N)CC2)C3)c2ccc(-c3cc(O)cc4ccccc34)cc2n1. The minimum Gasteiger partial charge on any atom is -0.508 e. The van der Waals surface area contributed by atoms with Gasteiger partial charge in [0.15, 0.2) is 0 Å². The molecule has 3 N–H and O–H groups in total. The number of likely N-dealkylation sites (N-methyl/N-ethyl adjacent to an activating group) is 1. The Labute approximate surface area is 276 Å². The molecule has 4 fully saturated rings. The summed E-state index contributed by atoms with van der Waals surface area (Å²) in [5.41, 5.74) is 8.86. The van der Waals surface area contributed by atoms with E-state index in [0.717, 1.165) is 103 Å². The van der Waals surface area contributed by atoms with E-state index in [2.05, 4.69) is 46.0 Å². The Kier molecular flexibility index (Phi) is 8.11. The van der Waals surface area contributed by atoms with Crippen molar-refractivity contribution in [2.24, 2.45) is 5.73 Å². The Morgan fingerprint density at radius 1 is 0.936 bits per heavy atom. The van der Waals surface area contributed by atoms with Gasteiger partial charge in [-0.25, -0.2) is 0 Å². The normalized spacial score (nSPS) is 24.1. The molecule has 5 heterocycles. The van der Waals surface area contributed by atoms with Crippen molar-refractivity contribution in [2.45, 2.75) is 62.7 Å². The number of aromatic hydroxyl groups is 1. The molecule has 4 saturated heterocycles. The molecule has 47 heavy (non-hydrogen) atoms. The number of phenolic OH excluding ortho intramolecular Hbond substituents is 1. The first-order valence-corrected chi connectivity index (χ1v) is 17.3. The summed E-state index contributed by atoms with van der Waals surface area (Å²) in [6.07, 6.45) is 6.19. The number of rotatable bonds is 7. The van der Waals surface area contributed by atoms with Crippen LogP contribution < -0.4 is 15.4 Å².